The summed E-state index contributed by atoms with van der Waals surface area (Å²) < 4.78 is 0. The number of hydrogen-bond donors (Lipinski definition) is 3. The molecule has 0 radical (unpaired) electrons. The first kappa shape index (κ1) is 25.7. The van der Waals surface area contributed by atoms with E-state index in [1.54, 1.807) is 16.7 Å². The number of carbonyl (C=O) groups excluding carboxylic acids is 1. The lowest BCUT2D eigenvalue weighted by atomic mass is 10.1. The van der Waals surface area contributed by atoms with Crippen molar-refractivity contribution in [2.75, 3.05) is 49.5 Å². The maximum atomic E-state index is 12.9. The molecule has 0 aromatic heterocycles. The third-order valence-corrected chi connectivity index (χ3v) is 8.47. The Balaban J connectivity index is 1.12. The van der Waals surface area contributed by atoms with Crippen LogP contribution in [0.4, 0.5) is 11.4 Å². The highest BCUT2D eigenvalue weighted by molar-refractivity contribution is 7.99. The summed E-state index contributed by atoms with van der Waals surface area (Å²) in [6.07, 6.45) is 3.06. The van der Waals surface area contributed by atoms with Gasteiger partial charge in [0.25, 0.3) is 5.91 Å². The molecule has 192 valence electrons. The minimum atomic E-state index is -0.0185. The van der Waals surface area contributed by atoms with Crippen molar-refractivity contribution in [3.05, 3.63) is 88.5 Å². The molecule has 0 atom stereocenters. The molecule has 0 aliphatic carbocycles. The molecule has 0 bridgehead atoms. The summed E-state index contributed by atoms with van der Waals surface area (Å²) in [4.78, 5) is 19.3. The third-order valence-electron chi connectivity index (χ3n) is 7.08. The van der Waals surface area contributed by atoms with Gasteiger partial charge in [-0.3, -0.25) is 4.79 Å². The topological polar surface area (TPSA) is 48.8 Å². The second-order valence-corrected chi connectivity index (χ2v) is 11.2. The van der Waals surface area contributed by atoms with Crippen LogP contribution in [0.5, 0.6) is 0 Å². The predicted molar refractivity (Wildman–Crippen MR) is 155 cm³/mol. The van der Waals surface area contributed by atoms with Crippen LogP contribution in [0.15, 0.2) is 76.5 Å². The second-order valence-electron chi connectivity index (χ2n) is 9.72. The molecule has 2 aliphatic rings. The minimum absolute atomic E-state index is 0.0185. The first-order chi connectivity index (χ1) is 18.0. The van der Waals surface area contributed by atoms with Gasteiger partial charge in [-0.15, -0.1) is 0 Å². The zero-order valence-electron chi connectivity index (χ0n) is 21.4. The Bertz CT molecular complexity index is 1320. The lowest BCUT2D eigenvalue weighted by Gasteiger charge is -2.33. The second kappa shape index (κ2) is 11.6. The number of amides is 1. The highest BCUT2D eigenvalue weighted by atomic mass is 35.5. The molecule has 1 amide bonds. The van der Waals surface area contributed by atoms with Gasteiger partial charge in [-0.25, -0.2) is 0 Å². The number of quaternary nitrogens is 1. The number of benzene rings is 3. The number of hydrogen-bond acceptors (Lipinski definition) is 4. The van der Waals surface area contributed by atoms with E-state index in [-0.39, 0.29) is 5.91 Å². The molecule has 2 heterocycles. The summed E-state index contributed by atoms with van der Waals surface area (Å²) in [5, 5.41) is 7.47. The highest BCUT2D eigenvalue weighted by Gasteiger charge is 2.21. The van der Waals surface area contributed by atoms with Crippen LogP contribution >= 0.6 is 23.4 Å². The SMILES string of the molecule is CC=C1Nc2cc(C(=O)NCCC[NH+]3CCN(c4cccc(Cl)c4)CC3)ccc2Sc2ccc(C)cc21. The van der Waals surface area contributed by atoms with Crippen molar-refractivity contribution >= 4 is 46.3 Å². The fourth-order valence-electron chi connectivity index (χ4n) is 5.01. The molecule has 37 heavy (non-hydrogen) atoms. The average Bonchev–Trinajstić information content (AvgIpc) is 3.07. The van der Waals surface area contributed by atoms with Crippen molar-refractivity contribution in [3.63, 3.8) is 0 Å². The summed E-state index contributed by atoms with van der Waals surface area (Å²) in [5.74, 6) is -0.0185. The van der Waals surface area contributed by atoms with Gasteiger partial charge >= 0.3 is 0 Å². The van der Waals surface area contributed by atoms with Gasteiger partial charge in [0, 0.05) is 50.3 Å². The quantitative estimate of drug-likeness (QED) is 0.385. The van der Waals surface area contributed by atoms with Crippen LogP contribution in [0.2, 0.25) is 5.02 Å². The van der Waals surface area contributed by atoms with E-state index in [1.165, 1.54) is 21.7 Å². The van der Waals surface area contributed by atoms with Crippen molar-refractivity contribution in [1.82, 2.24) is 5.32 Å². The maximum Gasteiger partial charge on any atom is 0.251 e. The zero-order valence-corrected chi connectivity index (χ0v) is 23.0. The molecule has 3 N–H and O–H groups in total. The van der Waals surface area contributed by atoms with Crippen molar-refractivity contribution in [1.29, 1.82) is 0 Å². The lowest BCUT2D eigenvalue weighted by molar-refractivity contribution is -0.900. The first-order valence-corrected chi connectivity index (χ1v) is 14.2. The van der Waals surface area contributed by atoms with E-state index in [4.69, 9.17) is 11.6 Å². The molecule has 0 saturated carbocycles. The number of carbonyl (C=O) groups is 1. The standard InChI is InChI=1S/C30H33ClN4OS/c1-3-26-25-18-21(2)8-10-28(25)37-29-11-9-22(19-27(29)33-26)30(36)32-12-5-13-34-14-16-35(17-15-34)24-7-4-6-23(31)20-24/h3-4,6-11,18-20,33H,5,12-17H2,1-2H3,(H,32,36)/p+1. The van der Waals surface area contributed by atoms with Crippen LogP contribution in [0.1, 0.15) is 34.8 Å². The molecule has 5 rings (SSSR count). The normalized spacial score (nSPS) is 16.5. The number of halogens is 1. The fourth-order valence-corrected chi connectivity index (χ4v) is 6.20. The third kappa shape index (κ3) is 6.15. The van der Waals surface area contributed by atoms with Crippen LogP contribution in [-0.4, -0.2) is 45.2 Å². The van der Waals surface area contributed by atoms with Crippen molar-refractivity contribution < 1.29 is 9.69 Å². The molecule has 1 fully saturated rings. The Hall–Kier alpha value is -2.93. The molecule has 3 aromatic rings. The monoisotopic (exact) mass is 533 g/mol. The summed E-state index contributed by atoms with van der Waals surface area (Å²) in [7, 11) is 0. The molecule has 0 spiro atoms. The maximum absolute atomic E-state index is 12.9. The van der Waals surface area contributed by atoms with Crippen molar-refractivity contribution in [2.24, 2.45) is 0 Å². The van der Waals surface area contributed by atoms with Gasteiger partial charge in [-0.05, 0) is 62.4 Å². The van der Waals surface area contributed by atoms with Gasteiger partial charge in [0.05, 0.1) is 38.4 Å². The van der Waals surface area contributed by atoms with E-state index < -0.39 is 0 Å². The van der Waals surface area contributed by atoms with E-state index >= 15 is 0 Å². The van der Waals surface area contributed by atoms with Gasteiger partial charge in [0.2, 0.25) is 0 Å². The Morgan fingerprint density at radius 2 is 1.92 bits per heavy atom. The van der Waals surface area contributed by atoms with E-state index in [0.717, 1.165) is 60.4 Å². The molecular formula is C30H34ClN4OS+. The molecule has 0 unspecified atom stereocenters. The van der Waals surface area contributed by atoms with Crippen LogP contribution in [0.25, 0.3) is 5.70 Å². The average molecular weight is 534 g/mol. The van der Waals surface area contributed by atoms with Gasteiger partial charge in [0.1, 0.15) is 0 Å². The first-order valence-electron chi connectivity index (χ1n) is 13.0. The molecule has 3 aromatic carbocycles. The number of aryl methyl sites for hydroxylation is 1. The molecular weight excluding hydrogens is 500 g/mol. The summed E-state index contributed by atoms with van der Waals surface area (Å²) in [5.41, 5.74) is 6.37. The number of piperazine rings is 1. The Labute approximate surface area is 228 Å². The van der Waals surface area contributed by atoms with Gasteiger partial charge in [-0.2, -0.15) is 0 Å². The highest BCUT2D eigenvalue weighted by Crippen LogP contribution is 2.42. The van der Waals surface area contributed by atoms with Crippen LogP contribution in [-0.2, 0) is 0 Å². The Morgan fingerprint density at radius 3 is 2.70 bits per heavy atom. The number of allylic oxidation sites excluding steroid dienone is 1. The summed E-state index contributed by atoms with van der Waals surface area (Å²) in [6, 6.07) is 20.6. The predicted octanol–water partition coefficient (Wildman–Crippen LogP) is 5.11. The van der Waals surface area contributed by atoms with Crippen LogP contribution in [0.3, 0.4) is 0 Å². The largest absolute Gasteiger partial charge is 0.360 e. The molecule has 2 aliphatic heterocycles. The fraction of sp³-hybridized carbons (Fsp3) is 0.300. The number of nitrogens with one attached hydrogen (secondary N) is 3. The number of anilines is 2. The lowest BCUT2D eigenvalue weighted by Crippen LogP contribution is -3.15. The number of fused-ring (bicyclic) bond motifs is 2. The molecule has 5 nitrogen and oxygen atoms in total. The smallest absolute Gasteiger partial charge is 0.251 e. The van der Waals surface area contributed by atoms with Gasteiger partial charge in [-0.1, -0.05) is 47.1 Å². The zero-order chi connectivity index (χ0) is 25.8. The van der Waals surface area contributed by atoms with Gasteiger partial charge < -0.3 is 20.4 Å². The van der Waals surface area contributed by atoms with Crippen molar-refractivity contribution in [2.45, 2.75) is 30.1 Å². The van der Waals surface area contributed by atoms with E-state index in [2.05, 4.69) is 52.8 Å². The Morgan fingerprint density at radius 1 is 1.11 bits per heavy atom. The Kier molecular flexibility index (Phi) is 8.08. The number of rotatable bonds is 6. The minimum Gasteiger partial charge on any atom is -0.360 e. The molecule has 1 saturated heterocycles. The van der Waals surface area contributed by atoms with E-state index in [0.29, 0.717) is 12.1 Å². The molecule has 7 heteroatoms. The van der Waals surface area contributed by atoms with E-state index in [9.17, 15) is 4.79 Å². The van der Waals surface area contributed by atoms with Crippen LogP contribution < -0.4 is 20.4 Å². The van der Waals surface area contributed by atoms with Gasteiger partial charge in [0.15, 0.2) is 0 Å². The van der Waals surface area contributed by atoms with E-state index in [1.807, 2.05) is 43.3 Å². The number of nitrogens with zero attached hydrogens (tertiary/aromatic N) is 1. The summed E-state index contributed by atoms with van der Waals surface area (Å²) >= 11 is 7.89. The van der Waals surface area contributed by atoms with Crippen molar-refractivity contribution in [3.8, 4) is 0 Å². The summed E-state index contributed by atoms with van der Waals surface area (Å²) in [6.45, 7) is 10.2. The van der Waals surface area contributed by atoms with Crippen LogP contribution in [0, 0.1) is 6.92 Å².